The van der Waals surface area contributed by atoms with Crippen molar-refractivity contribution < 1.29 is 9.53 Å². The lowest BCUT2D eigenvalue weighted by Gasteiger charge is -2.19. The van der Waals surface area contributed by atoms with E-state index >= 15 is 0 Å². The summed E-state index contributed by atoms with van der Waals surface area (Å²) in [6.07, 6.45) is 0. The van der Waals surface area contributed by atoms with Crippen molar-refractivity contribution in [2.75, 3.05) is 19.5 Å². The number of anilines is 1. The molecule has 0 aliphatic carbocycles. The molecule has 0 heterocycles. The number of amides is 2. The number of benzene rings is 2. The fourth-order valence-corrected chi connectivity index (χ4v) is 2.43. The van der Waals surface area contributed by atoms with Gasteiger partial charge < -0.3 is 15.0 Å². The predicted molar refractivity (Wildman–Crippen MR) is 92.4 cm³/mol. The summed E-state index contributed by atoms with van der Waals surface area (Å²) in [5.74, 6) is 0.778. The van der Waals surface area contributed by atoms with Crippen LogP contribution in [0.2, 0.25) is 0 Å². The smallest absolute Gasteiger partial charge is 0.321 e. The first-order valence-electron chi connectivity index (χ1n) is 6.91. The third-order valence-corrected chi connectivity index (χ3v) is 4.22. The monoisotopic (exact) mass is 362 g/mol. The first-order valence-corrected chi connectivity index (χ1v) is 7.70. The van der Waals surface area contributed by atoms with Crippen molar-refractivity contribution in [1.29, 1.82) is 0 Å². The highest BCUT2D eigenvalue weighted by Gasteiger charge is 2.12. The summed E-state index contributed by atoms with van der Waals surface area (Å²) < 4.78 is 6.28. The number of carbonyl (C=O) groups excluding carboxylic acids is 1. The number of hydrogen-bond acceptors (Lipinski definition) is 2. The molecule has 2 amide bonds. The van der Waals surface area contributed by atoms with E-state index in [4.69, 9.17) is 4.74 Å². The Labute approximate surface area is 139 Å². The highest BCUT2D eigenvalue weighted by molar-refractivity contribution is 9.10. The molecule has 116 valence electrons. The molecule has 0 saturated heterocycles. The molecule has 0 aromatic heterocycles. The number of nitrogens with one attached hydrogen (secondary N) is 1. The van der Waals surface area contributed by atoms with E-state index in [9.17, 15) is 4.79 Å². The van der Waals surface area contributed by atoms with E-state index in [1.54, 1.807) is 19.1 Å². The van der Waals surface area contributed by atoms with Crippen LogP contribution in [0.1, 0.15) is 11.1 Å². The van der Waals surface area contributed by atoms with Crippen LogP contribution in [0.3, 0.4) is 0 Å². The first kappa shape index (κ1) is 16.4. The summed E-state index contributed by atoms with van der Waals surface area (Å²) in [5.41, 5.74) is 2.85. The van der Waals surface area contributed by atoms with Crippen LogP contribution in [-0.2, 0) is 6.54 Å². The van der Waals surface area contributed by atoms with Crippen molar-refractivity contribution in [2.45, 2.75) is 13.5 Å². The molecular weight excluding hydrogens is 344 g/mol. The minimum absolute atomic E-state index is 0.165. The standard InChI is InChI=1S/C17H19BrN2O2/c1-12-8-9-14(10-15(12)18)19-17(21)20(2)11-13-6-4-5-7-16(13)22-3/h4-10H,11H2,1-3H3,(H,19,21). The maximum Gasteiger partial charge on any atom is 0.321 e. The SMILES string of the molecule is COc1ccccc1CN(C)C(=O)Nc1ccc(C)c(Br)c1. The van der Waals surface area contributed by atoms with Crippen LogP contribution in [0.25, 0.3) is 0 Å². The summed E-state index contributed by atoms with van der Waals surface area (Å²) >= 11 is 3.46. The van der Waals surface area contributed by atoms with Crippen LogP contribution in [0, 0.1) is 6.92 Å². The van der Waals surface area contributed by atoms with Gasteiger partial charge in [-0.15, -0.1) is 0 Å². The molecule has 22 heavy (non-hydrogen) atoms. The molecule has 0 atom stereocenters. The Bertz CT molecular complexity index is 673. The van der Waals surface area contributed by atoms with E-state index < -0.39 is 0 Å². The van der Waals surface area contributed by atoms with Crippen LogP contribution in [0.5, 0.6) is 5.75 Å². The number of hydrogen-bond donors (Lipinski definition) is 1. The van der Waals surface area contributed by atoms with Crippen molar-refractivity contribution in [3.05, 3.63) is 58.1 Å². The molecule has 2 aromatic rings. The Hall–Kier alpha value is -2.01. The molecule has 0 aliphatic heterocycles. The molecule has 2 aromatic carbocycles. The van der Waals surface area contributed by atoms with Crippen molar-refractivity contribution in [2.24, 2.45) is 0 Å². The van der Waals surface area contributed by atoms with Gasteiger partial charge in [0, 0.05) is 22.8 Å². The molecule has 1 N–H and O–H groups in total. The van der Waals surface area contributed by atoms with E-state index in [0.717, 1.165) is 27.0 Å². The van der Waals surface area contributed by atoms with Gasteiger partial charge in [-0.1, -0.05) is 40.2 Å². The second kappa shape index (κ2) is 7.31. The molecule has 0 unspecified atom stereocenters. The third kappa shape index (κ3) is 4.01. The summed E-state index contributed by atoms with van der Waals surface area (Å²) in [5, 5.41) is 2.88. The Balaban J connectivity index is 2.04. The molecule has 0 radical (unpaired) electrons. The zero-order valence-electron chi connectivity index (χ0n) is 12.9. The molecule has 0 fully saturated rings. The number of nitrogens with zero attached hydrogens (tertiary/aromatic N) is 1. The summed E-state index contributed by atoms with van der Waals surface area (Å²) in [6, 6.07) is 13.2. The number of urea groups is 1. The minimum atomic E-state index is -0.165. The van der Waals surface area contributed by atoms with Crippen molar-refractivity contribution in [1.82, 2.24) is 4.90 Å². The Morgan fingerprint density at radius 2 is 2.00 bits per heavy atom. The number of carbonyl (C=O) groups is 1. The van der Waals surface area contributed by atoms with Gasteiger partial charge >= 0.3 is 6.03 Å². The lowest BCUT2D eigenvalue weighted by atomic mass is 10.2. The Kier molecular flexibility index (Phi) is 5.44. The van der Waals surface area contributed by atoms with Crippen LogP contribution in [0.15, 0.2) is 46.9 Å². The van der Waals surface area contributed by atoms with E-state index in [1.807, 2.05) is 49.4 Å². The zero-order valence-corrected chi connectivity index (χ0v) is 14.5. The maximum absolute atomic E-state index is 12.3. The number of rotatable bonds is 4. The van der Waals surface area contributed by atoms with Gasteiger partial charge in [-0.2, -0.15) is 0 Å². The van der Waals surface area contributed by atoms with Crippen molar-refractivity contribution in [3.8, 4) is 5.75 Å². The molecule has 4 nitrogen and oxygen atoms in total. The largest absolute Gasteiger partial charge is 0.496 e. The van der Waals surface area contributed by atoms with Gasteiger partial charge in [-0.25, -0.2) is 4.79 Å². The molecule has 0 bridgehead atoms. The van der Waals surface area contributed by atoms with Crippen LogP contribution < -0.4 is 10.1 Å². The fraction of sp³-hybridized carbons (Fsp3) is 0.235. The molecular formula is C17H19BrN2O2. The topological polar surface area (TPSA) is 41.6 Å². The zero-order chi connectivity index (χ0) is 16.1. The highest BCUT2D eigenvalue weighted by Crippen LogP contribution is 2.22. The molecule has 5 heteroatoms. The number of ether oxygens (including phenoxy) is 1. The van der Waals surface area contributed by atoms with Crippen LogP contribution >= 0.6 is 15.9 Å². The van der Waals surface area contributed by atoms with Crippen LogP contribution in [-0.4, -0.2) is 25.1 Å². The van der Waals surface area contributed by atoms with E-state index in [2.05, 4.69) is 21.2 Å². The van der Waals surface area contributed by atoms with Gasteiger partial charge in [0.2, 0.25) is 0 Å². The van der Waals surface area contributed by atoms with Crippen molar-refractivity contribution >= 4 is 27.6 Å². The number of aryl methyl sites for hydroxylation is 1. The van der Waals surface area contributed by atoms with Gasteiger partial charge in [0.05, 0.1) is 13.7 Å². The van der Waals surface area contributed by atoms with Gasteiger partial charge in [-0.3, -0.25) is 0 Å². The second-order valence-corrected chi connectivity index (χ2v) is 5.92. The molecule has 2 rings (SSSR count). The lowest BCUT2D eigenvalue weighted by Crippen LogP contribution is -2.31. The average molecular weight is 363 g/mol. The van der Waals surface area contributed by atoms with Gasteiger partial charge in [0.1, 0.15) is 5.75 Å². The quantitative estimate of drug-likeness (QED) is 0.873. The predicted octanol–water partition coefficient (Wildman–Crippen LogP) is 4.43. The molecule has 0 saturated carbocycles. The Morgan fingerprint density at radius 1 is 1.27 bits per heavy atom. The third-order valence-electron chi connectivity index (χ3n) is 3.37. The van der Waals surface area contributed by atoms with Gasteiger partial charge in [0.25, 0.3) is 0 Å². The number of halogens is 1. The van der Waals surface area contributed by atoms with Gasteiger partial charge in [0.15, 0.2) is 0 Å². The number of methoxy groups -OCH3 is 1. The van der Waals surface area contributed by atoms with E-state index in [1.165, 1.54) is 0 Å². The maximum atomic E-state index is 12.3. The summed E-state index contributed by atoms with van der Waals surface area (Å²) in [4.78, 5) is 13.9. The van der Waals surface area contributed by atoms with Crippen molar-refractivity contribution in [3.63, 3.8) is 0 Å². The normalized spacial score (nSPS) is 10.2. The Morgan fingerprint density at radius 3 is 2.68 bits per heavy atom. The lowest BCUT2D eigenvalue weighted by molar-refractivity contribution is 0.220. The summed E-state index contributed by atoms with van der Waals surface area (Å²) in [7, 11) is 3.38. The summed E-state index contributed by atoms with van der Waals surface area (Å²) in [6.45, 7) is 2.48. The number of para-hydroxylation sites is 1. The molecule has 0 spiro atoms. The first-order chi connectivity index (χ1) is 10.5. The fourth-order valence-electron chi connectivity index (χ4n) is 2.05. The van der Waals surface area contributed by atoms with Crippen LogP contribution in [0.4, 0.5) is 10.5 Å². The second-order valence-electron chi connectivity index (χ2n) is 5.06. The average Bonchev–Trinajstić information content (AvgIpc) is 2.51. The van der Waals surface area contributed by atoms with Gasteiger partial charge in [-0.05, 0) is 30.7 Å². The highest BCUT2D eigenvalue weighted by atomic mass is 79.9. The minimum Gasteiger partial charge on any atom is -0.496 e. The van der Waals surface area contributed by atoms with E-state index in [-0.39, 0.29) is 6.03 Å². The van der Waals surface area contributed by atoms with E-state index in [0.29, 0.717) is 6.54 Å². The molecule has 0 aliphatic rings.